The van der Waals surface area contributed by atoms with Gasteiger partial charge in [0.15, 0.2) is 11.6 Å². The van der Waals surface area contributed by atoms with Crippen molar-refractivity contribution in [2.24, 2.45) is 17.8 Å². The summed E-state index contributed by atoms with van der Waals surface area (Å²) in [6.07, 6.45) is 2.62. The molecule has 1 aromatic carbocycles. The summed E-state index contributed by atoms with van der Waals surface area (Å²) in [4.78, 5) is 0. The monoisotopic (exact) mass is 268 g/mol. The van der Waals surface area contributed by atoms with Crippen molar-refractivity contribution in [2.75, 3.05) is 0 Å². The van der Waals surface area contributed by atoms with Crippen molar-refractivity contribution < 1.29 is 13.9 Å². The van der Waals surface area contributed by atoms with E-state index in [4.69, 9.17) is 0 Å². The van der Waals surface area contributed by atoms with E-state index >= 15 is 0 Å². The fourth-order valence-corrected chi connectivity index (χ4v) is 3.47. The Labute approximate surface area is 113 Å². The van der Waals surface area contributed by atoms with Crippen LogP contribution in [-0.2, 0) is 5.60 Å². The number of hydrogen-bond acceptors (Lipinski definition) is 1. The van der Waals surface area contributed by atoms with E-state index in [0.29, 0.717) is 23.8 Å². The van der Waals surface area contributed by atoms with Crippen LogP contribution in [0.15, 0.2) is 18.2 Å². The fourth-order valence-electron chi connectivity index (χ4n) is 3.47. The lowest BCUT2D eigenvalue weighted by atomic mass is 9.64. The predicted molar refractivity (Wildman–Crippen MR) is 71.6 cm³/mol. The summed E-state index contributed by atoms with van der Waals surface area (Å²) >= 11 is 0. The smallest absolute Gasteiger partial charge is 0.159 e. The third-order valence-corrected chi connectivity index (χ3v) is 4.47. The van der Waals surface area contributed by atoms with Gasteiger partial charge in [-0.2, -0.15) is 0 Å². The van der Waals surface area contributed by atoms with Crippen molar-refractivity contribution in [2.45, 2.75) is 45.6 Å². The SMILES string of the molecule is CC1CCC(C(C)C)C(O)(c2ccc(F)c(F)c2)C1. The molecule has 106 valence electrons. The van der Waals surface area contributed by atoms with Gasteiger partial charge in [-0.3, -0.25) is 0 Å². The predicted octanol–water partition coefficient (Wildman–Crippen LogP) is 4.24. The molecule has 3 atom stereocenters. The Hall–Kier alpha value is -0.960. The molecule has 0 aliphatic heterocycles. The van der Waals surface area contributed by atoms with Gasteiger partial charge in [-0.1, -0.05) is 33.3 Å². The van der Waals surface area contributed by atoms with Crippen LogP contribution in [0.5, 0.6) is 0 Å². The molecule has 0 spiro atoms. The molecule has 2 rings (SSSR count). The maximum Gasteiger partial charge on any atom is 0.159 e. The van der Waals surface area contributed by atoms with E-state index in [9.17, 15) is 13.9 Å². The summed E-state index contributed by atoms with van der Waals surface area (Å²) in [7, 11) is 0. The second-order valence-corrected chi connectivity index (χ2v) is 6.29. The highest BCUT2D eigenvalue weighted by molar-refractivity contribution is 5.26. The Morgan fingerprint density at radius 2 is 1.89 bits per heavy atom. The van der Waals surface area contributed by atoms with Crippen LogP contribution in [0.2, 0.25) is 0 Å². The molecular formula is C16H22F2O. The van der Waals surface area contributed by atoms with E-state index in [2.05, 4.69) is 20.8 Å². The van der Waals surface area contributed by atoms with E-state index in [1.165, 1.54) is 6.07 Å². The zero-order valence-electron chi connectivity index (χ0n) is 11.8. The van der Waals surface area contributed by atoms with Gasteiger partial charge in [0.05, 0.1) is 5.60 Å². The van der Waals surface area contributed by atoms with Crippen LogP contribution in [-0.4, -0.2) is 5.11 Å². The molecule has 1 aromatic rings. The van der Waals surface area contributed by atoms with E-state index < -0.39 is 17.2 Å². The van der Waals surface area contributed by atoms with Crippen molar-refractivity contribution in [1.82, 2.24) is 0 Å². The number of rotatable bonds is 2. The molecule has 0 saturated heterocycles. The van der Waals surface area contributed by atoms with Gasteiger partial charge >= 0.3 is 0 Å². The van der Waals surface area contributed by atoms with E-state index in [0.717, 1.165) is 25.0 Å². The fraction of sp³-hybridized carbons (Fsp3) is 0.625. The Morgan fingerprint density at radius 1 is 1.21 bits per heavy atom. The average Bonchev–Trinajstić information content (AvgIpc) is 2.31. The van der Waals surface area contributed by atoms with Crippen LogP contribution in [0, 0.1) is 29.4 Å². The van der Waals surface area contributed by atoms with Crippen LogP contribution in [0.3, 0.4) is 0 Å². The lowest BCUT2D eigenvalue weighted by molar-refractivity contribution is -0.0868. The summed E-state index contributed by atoms with van der Waals surface area (Å²) in [6, 6.07) is 3.79. The minimum atomic E-state index is -1.04. The third-order valence-electron chi connectivity index (χ3n) is 4.47. The molecule has 1 fully saturated rings. The highest BCUT2D eigenvalue weighted by Gasteiger charge is 2.44. The van der Waals surface area contributed by atoms with Gasteiger partial charge < -0.3 is 5.11 Å². The van der Waals surface area contributed by atoms with E-state index in [1.807, 2.05) is 0 Å². The summed E-state index contributed by atoms with van der Waals surface area (Å²) in [5, 5.41) is 11.1. The van der Waals surface area contributed by atoms with Crippen molar-refractivity contribution in [3.05, 3.63) is 35.4 Å². The number of halogens is 2. The molecule has 0 bridgehead atoms. The van der Waals surface area contributed by atoms with Gasteiger partial charge in [0.1, 0.15) is 0 Å². The molecule has 0 heterocycles. The molecule has 19 heavy (non-hydrogen) atoms. The number of hydrogen-bond donors (Lipinski definition) is 1. The number of benzene rings is 1. The molecule has 1 N–H and O–H groups in total. The standard InChI is InChI=1S/C16H22F2O/c1-10(2)13-6-4-11(3)9-16(13,19)12-5-7-14(17)15(18)8-12/h5,7-8,10-11,13,19H,4,6,9H2,1-3H3. The van der Waals surface area contributed by atoms with Crippen molar-refractivity contribution in [3.8, 4) is 0 Å². The van der Waals surface area contributed by atoms with E-state index in [1.54, 1.807) is 0 Å². The van der Waals surface area contributed by atoms with Crippen LogP contribution in [0.4, 0.5) is 8.78 Å². The lowest BCUT2D eigenvalue weighted by Gasteiger charge is -2.45. The molecular weight excluding hydrogens is 246 g/mol. The quantitative estimate of drug-likeness (QED) is 0.850. The molecule has 1 saturated carbocycles. The molecule has 1 nitrogen and oxygen atoms in total. The normalized spacial score (nSPS) is 31.7. The first-order valence-electron chi connectivity index (χ1n) is 7.02. The maximum absolute atomic E-state index is 13.4. The summed E-state index contributed by atoms with van der Waals surface area (Å²) in [5.74, 6) is -0.948. The molecule has 3 heteroatoms. The average molecular weight is 268 g/mol. The highest BCUT2D eigenvalue weighted by atomic mass is 19.2. The Kier molecular flexibility index (Phi) is 3.95. The molecule has 1 aliphatic rings. The topological polar surface area (TPSA) is 20.2 Å². The van der Waals surface area contributed by atoms with Gasteiger partial charge in [-0.05, 0) is 48.3 Å². The summed E-state index contributed by atoms with van der Waals surface area (Å²) < 4.78 is 26.5. The zero-order chi connectivity index (χ0) is 14.2. The lowest BCUT2D eigenvalue weighted by Crippen LogP contribution is -2.43. The minimum absolute atomic E-state index is 0.0913. The van der Waals surface area contributed by atoms with Crippen LogP contribution in [0.25, 0.3) is 0 Å². The first-order chi connectivity index (χ1) is 8.84. The zero-order valence-corrected chi connectivity index (χ0v) is 11.8. The minimum Gasteiger partial charge on any atom is -0.385 e. The first kappa shape index (κ1) is 14.4. The number of aliphatic hydroxyl groups is 1. The van der Waals surface area contributed by atoms with Crippen molar-refractivity contribution in [1.29, 1.82) is 0 Å². The Morgan fingerprint density at radius 3 is 2.47 bits per heavy atom. The third kappa shape index (κ3) is 2.66. The van der Waals surface area contributed by atoms with E-state index in [-0.39, 0.29) is 5.92 Å². The van der Waals surface area contributed by atoms with Gasteiger partial charge in [0.2, 0.25) is 0 Å². The largest absolute Gasteiger partial charge is 0.385 e. The van der Waals surface area contributed by atoms with Gasteiger partial charge in [0, 0.05) is 0 Å². The highest BCUT2D eigenvalue weighted by Crippen LogP contribution is 2.47. The second kappa shape index (κ2) is 5.20. The Bertz CT molecular complexity index is 458. The van der Waals surface area contributed by atoms with Crippen LogP contribution >= 0.6 is 0 Å². The molecule has 1 aliphatic carbocycles. The maximum atomic E-state index is 13.4. The van der Waals surface area contributed by atoms with Crippen molar-refractivity contribution in [3.63, 3.8) is 0 Å². The second-order valence-electron chi connectivity index (χ2n) is 6.29. The van der Waals surface area contributed by atoms with Gasteiger partial charge in [-0.25, -0.2) is 8.78 Å². The Balaban J connectivity index is 2.43. The molecule has 3 unspecified atom stereocenters. The van der Waals surface area contributed by atoms with Crippen LogP contribution < -0.4 is 0 Å². The molecule has 0 aromatic heterocycles. The molecule has 0 amide bonds. The van der Waals surface area contributed by atoms with Gasteiger partial charge in [-0.15, -0.1) is 0 Å². The first-order valence-corrected chi connectivity index (χ1v) is 7.02. The summed E-state index contributed by atoms with van der Waals surface area (Å²) in [6.45, 7) is 6.25. The molecule has 0 radical (unpaired) electrons. The van der Waals surface area contributed by atoms with Crippen LogP contribution in [0.1, 0.15) is 45.6 Å². The van der Waals surface area contributed by atoms with Gasteiger partial charge in [0.25, 0.3) is 0 Å². The van der Waals surface area contributed by atoms with Crippen molar-refractivity contribution >= 4 is 0 Å². The summed E-state index contributed by atoms with van der Waals surface area (Å²) in [5.41, 5.74) is -0.531.